The van der Waals surface area contributed by atoms with Gasteiger partial charge in [0.25, 0.3) is 11.8 Å². The number of alkyl halides is 2. The lowest BCUT2D eigenvalue weighted by Gasteiger charge is -2.39. The molecule has 3 amide bonds. The number of halogens is 5. The lowest BCUT2D eigenvalue weighted by molar-refractivity contribution is -0.134. The van der Waals surface area contributed by atoms with Gasteiger partial charge in [-0.2, -0.15) is 5.26 Å². The van der Waals surface area contributed by atoms with Gasteiger partial charge < -0.3 is 5.32 Å². The smallest absolute Gasteiger partial charge is 0.252 e. The summed E-state index contributed by atoms with van der Waals surface area (Å²) in [5.74, 6) is -8.28. The summed E-state index contributed by atoms with van der Waals surface area (Å²) in [5, 5.41) is 19.5. The first-order chi connectivity index (χ1) is 19.9. The van der Waals surface area contributed by atoms with E-state index in [-0.39, 0.29) is 36.3 Å². The Morgan fingerprint density at radius 2 is 1.90 bits per heavy atom. The highest BCUT2D eigenvalue weighted by Crippen LogP contribution is 2.39. The quantitative estimate of drug-likeness (QED) is 0.192. The van der Waals surface area contributed by atoms with Crippen LogP contribution in [0.5, 0.6) is 0 Å². The standard InChI is InChI=1S/C28H25ClF4N6O3/c29-21-6-2-1-5-20(21)24(25(41)37-18-14-28(32,33)15-18)38(19-12-16(30)11-17(31)13-19)26(42)22-7-8-23(40)39(22)27(35)36-10-4-3-9-34/h1-2,5-6,10-13,18,22,24,35H,3-4,7-8,14-15H2,(H,37,41). The predicted molar refractivity (Wildman–Crippen MR) is 145 cm³/mol. The summed E-state index contributed by atoms with van der Waals surface area (Å²) < 4.78 is 56.1. The van der Waals surface area contributed by atoms with Gasteiger partial charge in [0.1, 0.15) is 23.7 Å². The van der Waals surface area contributed by atoms with Crippen molar-refractivity contribution in [2.75, 3.05) is 4.90 Å². The zero-order valence-electron chi connectivity index (χ0n) is 22.0. The monoisotopic (exact) mass is 604 g/mol. The number of nitrogens with zero attached hydrogens (tertiary/aromatic N) is 4. The van der Waals surface area contributed by atoms with Gasteiger partial charge in [0, 0.05) is 54.6 Å². The van der Waals surface area contributed by atoms with E-state index in [0.717, 1.165) is 21.9 Å². The molecule has 0 spiro atoms. The van der Waals surface area contributed by atoms with Gasteiger partial charge in [-0.3, -0.25) is 29.6 Å². The molecular weight excluding hydrogens is 580 g/mol. The molecule has 2 N–H and O–H groups in total. The maximum Gasteiger partial charge on any atom is 0.252 e. The summed E-state index contributed by atoms with van der Waals surface area (Å²) in [6, 6.07) is 5.91. The van der Waals surface area contributed by atoms with Crippen LogP contribution in [-0.4, -0.2) is 52.8 Å². The van der Waals surface area contributed by atoms with E-state index in [1.54, 1.807) is 6.07 Å². The Kier molecular flexibility index (Phi) is 9.26. The summed E-state index contributed by atoms with van der Waals surface area (Å²) in [6.07, 6.45) is -0.0277. The van der Waals surface area contributed by atoms with Gasteiger partial charge >= 0.3 is 0 Å². The lowest BCUT2D eigenvalue weighted by Crippen LogP contribution is -2.56. The van der Waals surface area contributed by atoms with Crippen LogP contribution < -0.4 is 10.2 Å². The molecule has 1 aliphatic carbocycles. The maximum atomic E-state index is 14.5. The van der Waals surface area contributed by atoms with Crippen molar-refractivity contribution in [1.82, 2.24) is 10.2 Å². The van der Waals surface area contributed by atoms with Gasteiger partial charge in [0.15, 0.2) is 0 Å². The highest BCUT2D eigenvalue weighted by molar-refractivity contribution is 6.31. The van der Waals surface area contributed by atoms with Gasteiger partial charge in [-0.15, -0.1) is 0 Å². The summed E-state index contributed by atoms with van der Waals surface area (Å²) >= 11 is 6.41. The number of anilines is 1. The van der Waals surface area contributed by atoms with Crippen LogP contribution in [0.1, 0.15) is 50.1 Å². The first-order valence-electron chi connectivity index (χ1n) is 12.9. The molecule has 0 aromatic heterocycles. The van der Waals surface area contributed by atoms with Crippen molar-refractivity contribution in [2.24, 2.45) is 4.99 Å². The molecule has 2 aliphatic rings. The molecule has 4 rings (SSSR count). The SMILES string of the molecule is N#CCCC=NC(=N)N1C(=O)CCC1C(=O)N(c1cc(F)cc(F)c1)C(C(=O)NC1CC(F)(F)C1)c1ccccc1Cl. The fourth-order valence-corrected chi connectivity index (χ4v) is 5.14. The summed E-state index contributed by atoms with van der Waals surface area (Å²) in [4.78, 5) is 46.2. The zero-order chi connectivity index (χ0) is 30.6. The van der Waals surface area contributed by atoms with Crippen molar-refractivity contribution >= 4 is 47.2 Å². The van der Waals surface area contributed by atoms with Crippen molar-refractivity contribution < 1.29 is 31.9 Å². The van der Waals surface area contributed by atoms with E-state index in [2.05, 4.69) is 10.3 Å². The number of unbranched alkanes of at least 4 members (excludes halogenated alkanes) is 1. The predicted octanol–water partition coefficient (Wildman–Crippen LogP) is 4.91. The van der Waals surface area contributed by atoms with E-state index in [1.165, 1.54) is 24.4 Å². The van der Waals surface area contributed by atoms with Crippen LogP contribution in [-0.2, 0) is 14.4 Å². The number of guanidine groups is 1. The number of nitriles is 1. The average Bonchev–Trinajstić information content (AvgIpc) is 3.29. The second-order valence-corrected chi connectivity index (χ2v) is 10.3. The topological polar surface area (TPSA) is 130 Å². The van der Waals surface area contributed by atoms with Crippen molar-refractivity contribution in [3.05, 3.63) is 64.7 Å². The normalized spacial score (nSPS) is 18.8. The molecule has 0 bridgehead atoms. The van der Waals surface area contributed by atoms with E-state index in [9.17, 15) is 31.9 Å². The Morgan fingerprint density at radius 3 is 2.52 bits per heavy atom. The third kappa shape index (κ3) is 6.76. The number of likely N-dealkylation sites (tertiary alicyclic amines) is 1. The van der Waals surface area contributed by atoms with Crippen LogP contribution in [0.2, 0.25) is 5.02 Å². The average molecular weight is 605 g/mol. The van der Waals surface area contributed by atoms with Gasteiger partial charge in [-0.1, -0.05) is 29.8 Å². The minimum absolute atomic E-state index is 0.000421. The summed E-state index contributed by atoms with van der Waals surface area (Å²) in [5.41, 5.74) is -0.374. The van der Waals surface area contributed by atoms with Crippen molar-refractivity contribution in [3.8, 4) is 6.07 Å². The van der Waals surface area contributed by atoms with Crippen LogP contribution in [0, 0.1) is 28.4 Å². The van der Waals surface area contributed by atoms with E-state index in [0.29, 0.717) is 6.07 Å². The number of benzene rings is 2. The third-order valence-electron chi connectivity index (χ3n) is 6.83. The number of carbonyl (C=O) groups is 3. The van der Waals surface area contributed by atoms with Crippen LogP contribution in [0.3, 0.4) is 0 Å². The molecule has 2 atom stereocenters. The Bertz CT molecular complexity index is 1450. The Hall–Kier alpha value is -4.31. The van der Waals surface area contributed by atoms with Crippen LogP contribution in [0.4, 0.5) is 23.2 Å². The highest BCUT2D eigenvalue weighted by Gasteiger charge is 2.49. The molecular formula is C28H25ClF4N6O3. The van der Waals surface area contributed by atoms with Gasteiger partial charge in [0.05, 0.1) is 11.8 Å². The van der Waals surface area contributed by atoms with Gasteiger partial charge in [-0.25, -0.2) is 22.6 Å². The van der Waals surface area contributed by atoms with Crippen LogP contribution >= 0.6 is 11.6 Å². The minimum atomic E-state index is -2.97. The molecule has 42 heavy (non-hydrogen) atoms. The number of nitrogens with one attached hydrogen (secondary N) is 2. The van der Waals surface area contributed by atoms with E-state index in [4.69, 9.17) is 22.3 Å². The number of carbonyl (C=O) groups excluding carboxylic acids is 3. The molecule has 9 nitrogen and oxygen atoms in total. The second-order valence-electron chi connectivity index (χ2n) is 9.88. The highest BCUT2D eigenvalue weighted by atomic mass is 35.5. The number of rotatable bonds is 8. The molecule has 1 aliphatic heterocycles. The first-order valence-corrected chi connectivity index (χ1v) is 13.3. The molecule has 220 valence electrons. The second kappa shape index (κ2) is 12.7. The van der Waals surface area contributed by atoms with Crippen LogP contribution in [0.25, 0.3) is 0 Å². The lowest BCUT2D eigenvalue weighted by atomic mass is 9.87. The minimum Gasteiger partial charge on any atom is -0.351 e. The van der Waals surface area contributed by atoms with E-state index < -0.39 is 77.9 Å². The maximum absolute atomic E-state index is 14.5. The Morgan fingerprint density at radius 1 is 1.24 bits per heavy atom. The van der Waals surface area contributed by atoms with Crippen molar-refractivity contribution in [1.29, 1.82) is 10.7 Å². The summed E-state index contributed by atoms with van der Waals surface area (Å²) in [7, 11) is 0. The van der Waals surface area contributed by atoms with E-state index >= 15 is 0 Å². The number of hydrogen-bond acceptors (Lipinski definition) is 5. The van der Waals surface area contributed by atoms with Gasteiger partial charge in [0.2, 0.25) is 17.8 Å². The molecule has 2 aromatic rings. The Labute approximate surface area is 243 Å². The van der Waals surface area contributed by atoms with Gasteiger partial charge in [-0.05, 0) is 31.0 Å². The van der Waals surface area contributed by atoms with Crippen LogP contribution in [0.15, 0.2) is 47.5 Å². The molecule has 1 saturated heterocycles. The fourth-order valence-electron chi connectivity index (χ4n) is 4.91. The Balaban J connectivity index is 1.80. The fraction of sp³-hybridized carbons (Fsp3) is 0.357. The molecule has 1 saturated carbocycles. The molecule has 14 heteroatoms. The molecule has 2 aromatic carbocycles. The zero-order valence-corrected chi connectivity index (χ0v) is 22.8. The molecule has 2 fully saturated rings. The van der Waals surface area contributed by atoms with Crippen molar-refractivity contribution in [2.45, 2.75) is 62.6 Å². The molecule has 2 unspecified atom stereocenters. The first kappa shape index (κ1) is 30.6. The molecule has 1 heterocycles. The van der Waals surface area contributed by atoms with E-state index in [1.807, 2.05) is 6.07 Å². The largest absolute Gasteiger partial charge is 0.351 e. The van der Waals surface area contributed by atoms with Crippen molar-refractivity contribution in [3.63, 3.8) is 0 Å². The summed E-state index contributed by atoms with van der Waals surface area (Å²) in [6.45, 7) is 0. The third-order valence-corrected chi connectivity index (χ3v) is 7.17. The molecule has 0 radical (unpaired) electrons. The number of amides is 3. The number of hydrogen-bond donors (Lipinski definition) is 2. The number of aliphatic imine (C=N–C) groups is 1.